The Kier molecular flexibility index (Phi) is 6.19. The molecule has 0 aromatic heterocycles. The molecule has 0 aliphatic heterocycles. The van der Waals surface area contributed by atoms with E-state index in [2.05, 4.69) is 25.8 Å². The van der Waals surface area contributed by atoms with Gasteiger partial charge in [-0.2, -0.15) is 0 Å². The van der Waals surface area contributed by atoms with E-state index in [4.69, 9.17) is 0 Å². The first kappa shape index (κ1) is 10.7. The van der Waals surface area contributed by atoms with E-state index < -0.39 is 0 Å². The van der Waals surface area contributed by atoms with E-state index in [0.29, 0.717) is 5.92 Å². The zero-order valence-electron chi connectivity index (χ0n) is 8.35. The maximum atomic E-state index is 4.28. The third-order valence-electron chi connectivity index (χ3n) is 1.99. The van der Waals surface area contributed by atoms with Gasteiger partial charge in [0.15, 0.2) is 0 Å². The van der Waals surface area contributed by atoms with Crippen molar-refractivity contribution in [3.63, 3.8) is 0 Å². The minimum Gasteiger partial charge on any atom is -0.297 e. The van der Waals surface area contributed by atoms with Crippen LogP contribution < -0.4 is 0 Å². The average Bonchev–Trinajstić information content (AvgIpc) is 1.97. The van der Waals surface area contributed by atoms with Gasteiger partial charge in [0.25, 0.3) is 0 Å². The lowest BCUT2D eigenvalue weighted by atomic mass is 10.0. The molecular formula is C10H21N. The number of hydrogen-bond donors (Lipinski definition) is 0. The Morgan fingerprint density at radius 2 is 1.91 bits per heavy atom. The van der Waals surface area contributed by atoms with Crippen LogP contribution in [0.4, 0.5) is 0 Å². The van der Waals surface area contributed by atoms with Gasteiger partial charge in [-0.3, -0.25) is 4.99 Å². The number of unbranched alkanes of at least 4 members (excludes halogenated alkanes) is 2. The molecule has 1 heteroatoms. The molecule has 0 aliphatic rings. The van der Waals surface area contributed by atoms with Crippen molar-refractivity contribution in [2.75, 3.05) is 7.05 Å². The normalized spacial score (nSPS) is 12.6. The molecule has 0 aliphatic carbocycles. The first-order valence-electron chi connectivity index (χ1n) is 4.67. The van der Waals surface area contributed by atoms with E-state index in [1.165, 1.54) is 31.4 Å². The Bertz CT molecular complexity index is 114. The van der Waals surface area contributed by atoms with Crippen molar-refractivity contribution in [2.45, 2.75) is 46.5 Å². The zero-order chi connectivity index (χ0) is 8.69. The monoisotopic (exact) mass is 155 g/mol. The minimum absolute atomic E-state index is 0.636. The molecule has 0 aromatic carbocycles. The highest BCUT2D eigenvalue weighted by atomic mass is 14.7. The summed E-state index contributed by atoms with van der Waals surface area (Å²) >= 11 is 0. The van der Waals surface area contributed by atoms with Crippen molar-refractivity contribution < 1.29 is 0 Å². The zero-order valence-corrected chi connectivity index (χ0v) is 8.35. The van der Waals surface area contributed by atoms with Crippen LogP contribution in [0.5, 0.6) is 0 Å². The molecule has 0 fully saturated rings. The van der Waals surface area contributed by atoms with Crippen LogP contribution in [0.2, 0.25) is 0 Å². The van der Waals surface area contributed by atoms with Gasteiger partial charge >= 0.3 is 0 Å². The highest BCUT2D eigenvalue weighted by Gasteiger charge is 2.02. The van der Waals surface area contributed by atoms with E-state index >= 15 is 0 Å². The lowest BCUT2D eigenvalue weighted by Crippen LogP contribution is -2.06. The summed E-state index contributed by atoms with van der Waals surface area (Å²) in [5.74, 6) is 0.636. The molecule has 11 heavy (non-hydrogen) atoms. The lowest BCUT2D eigenvalue weighted by Gasteiger charge is -2.07. The molecule has 0 saturated carbocycles. The fraction of sp³-hybridized carbons (Fsp3) is 0.900. The van der Waals surface area contributed by atoms with Crippen LogP contribution in [-0.2, 0) is 0 Å². The molecule has 0 unspecified atom stereocenters. The van der Waals surface area contributed by atoms with Crippen molar-refractivity contribution in [2.24, 2.45) is 10.9 Å². The van der Waals surface area contributed by atoms with Gasteiger partial charge in [0, 0.05) is 12.8 Å². The van der Waals surface area contributed by atoms with Crippen molar-refractivity contribution in [3.8, 4) is 0 Å². The molecule has 0 amide bonds. The average molecular weight is 155 g/mol. The van der Waals surface area contributed by atoms with Gasteiger partial charge < -0.3 is 0 Å². The van der Waals surface area contributed by atoms with Crippen LogP contribution in [0.3, 0.4) is 0 Å². The Hall–Kier alpha value is -0.330. The van der Waals surface area contributed by atoms with Gasteiger partial charge in [-0.25, -0.2) is 0 Å². The van der Waals surface area contributed by atoms with E-state index in [9.17, 15) is 0 Å². The first-order chi connectivity index (χ1) is 5.22. The van der Waals surface area contributed by atoms with Crippen molar-refractivity contribution >= 4 is 5.71 Å². The molecule has 0 aromatic rings. The molecule has 66 valence electrons. The molecular weight excluding hydrogens is 134 g/mol. The first-order valence-corrected chi connectivity index (χ1v) is 4.67. The molecule has 0 bridgehead atoms. The van der Waals surface area contributed by atoms with E-state index in [-0.39, 0.29) is 0 Å². The molecule has 0 saturated heterocycles. The van der Waals surface area contributed by atoms with Crippen molar-refractivity contribution in [1.82, 2.24) is 0 Å². The van der Waals surface area contributed by atoms with Gasteiger partial charge in [-0.1, -0.05) is 33.6 Å². The number of hydrogen-bond acceptors (Lipinski definition) is 1. The fourth-order valence-corrected chi connectivity index (χ4v) is 1.21. The highest BCUT2D eigenvalue weighted by molar-refractivity contribution is 5.86. The number of rotatable bonds is 5. The Morgan fingerprint density at radius 1 is 1.27 bits per heavy atom. The van der Waals surface area contributed by atoms with Crippen LogP contribution in [-0.4, -0.2) is 12.8 Å². The van der Waals surface area contributed by atoms with E-state index in [1.54, 1.807) is 0 Å². The van der Waals surface area contributed by atoms with Gasteiger partial charge in [0.1, 0.15) is 0 Å². The van der Waals surface area contributed by atoms with Gasteiger partial charge in [0.05, 0.1) is 0 Å². The maximum Gasteiger partial charge on any atom is 0.0276 e. The van der Waals surface area contributed by atoms with Gasteiger partial charge in [0.2, 0.25) is 0 Å². The second-order valence-electron chi connectivity index (χ2n) is 3.33. The summed E-state index contributed by atoms with van der Waals surface area (Å²) in [6.07, 6.45) is 5.14. The smallest absolute Gasteiger partial charge is 0.0276 e. The molecule has 1 nitrogen and oxygen atoms in total. The summed E-state index contributed by atoms with van der Waals surface area (Å²) in [6, 6.07) is 0. The molecule has 0 atom stereocenters. The van der Waals surface area contributed by atoms with Crippen molar-refractivity contribution in [1.29, 1.82) is 0 Å². The number of aliphatic imine (C=N–C) groups is 1. The lowest BCUT2D eigenvalue weighted by molar-refractivity contribution is 0.719. The minimum atomic E-state index is 0.636. The topological polar surface area (TPSA) is 12.4 Å². The number of nitrogens with zero attached hydrogens (tertiary/aromatic N) is 1. The van der Waals surface area contributed by atoms with Crippen LogP contribution in [0.25, 0.3) is 0 Å². The van der Waals surface area contributed by atoms with E-state index in [0.717, 1.165) is 0 Å². The second-order valence-corrected chi connectivity index (χ2v) is 3.33. The highest BCUT2D eigenvalue weighted by Crippen LogP contribution is 2.07. The molecule has 0 heterocycles. The Morgan fingerprint density at radius 3 is 2.27 bits per heavy atom. The predicted molar refractivity (Wildman–Crippen MR) is 52.3 cm³/mol. The van der Waals surface area contributed by atoms with Crippen LogP contribution in [0.15, 0.2) is 4.99 Å². The summed E-state index contributed by atoms with van der Waals surface area (Å²) in [5, 5.41) is 0. The third-order valence-corrected chi connectivity index (χ3v) is 1.99. The summed E-state index contributed by atoms with van der Waals surface area (Å²) in [5.41, 5.74) is 1.37. The third kappa shape index (κ3) is 5.00. The second kappa shape index (κ2) is 6.38. The Balaban J connectivity index is 3.54. The Labute approximate surface area is 70.9 Å². The largest absolute Gasteiger partial charge is 0.297 e. The summed E-state index contributed by atoms with van der Waals surface area (Å²) in [6.45, 7) is 6.67. The molecule has 0 radical (unpaired) electrons. The predicted octanol–water partition coefficient (Wildman–Crippen LogP) is 3.29. The van der Waals surface area contributed by atoms with Crippen LogP contribution >= 0.6 is 0 Å². The molecule has 0 N–H and O–H groups in total. The summed E-state index contributed by atoms with van der Waals surface area (Å²) < 4.78 is 0. The maximum absolute atomic E-state index is 4.28. The molecule has 0 rings (SSSR count). The fourth-order valence-electron chi connectivity index (χ4n) is 1.21. The molecule has 0 spiro atoms. The van der Waals surface area contributed by atoms with Crippen molar-refractivity contribution in [3.05, 3.63) is 0 Å². The van der Waals surface area contributed by atoms with Gasteiger partial charge in [-0.05, 0) is 18.8 Å². The van der Waals surface area contributed by atoms with E-state index in [1.807, 2.05) is 7.05 Å². The summed E-state index contributed by atoms with van der Waals surface area (Å²) in [7, 11) is 1.90. The SMILES string of the molecule is CCCCCC(=NC)C(C)C. The van der Waals surface area contributed by atoms with Gasteiger partial charge in [-0.15, -0.1) is 0 Å². The standard InChI is InChI=1S/C10H21N/c1-5-6-7-8-10(11-4)9(2)3/h9H,5-8H2,1-4H3. The van der Waals surface area contributed by atoms with Crippen LogP contribution in [0, 0.1) is 5.92 Å². The summed E-state index contributed by atoms with van der Waals surface area (Å²) in [4.78, 5) is 4.28. The van der Waals surface area contributed by atoms with Crippen LogP contribution in [0.1, 0.15) is 46.5 Å². The quantitative estimate of drug-likeness (QED) is 0.427.